The van der Waals surface area contributed by atoms with E-state index in [0.29, 0.717) is 5.56 Å². The molecule has 2 aromatic carbocycles. The van der Waals surface area contributed by atoms with Crippen molar-refractivity contribution < 1.29 is 32.6 Å². The lowest BCUT2D eigenvalue weighted by atomic mass is 10.0. The number of sulfonamides is 1. The van der Waals surface area contributed by atoms with Crippen LogP contribution in [-0.2, 0) is 37.1 Å². The number of benzene rings is 2. The maximum atomic E-state index is 13.6. The summed E-state index contributed by atoms with van der Waals surface area (Å²) in [6.45, 7) is 8.91. The summed E-state index contributed by atoms with van der Waals surface area (Å²) in [6.07, 6.45) is -1.62. The molecular formula is C28H40N2O7S. The van der Waals surface area contributed by atoms with E-state index in [-0.39, 0.29) is 36.7 Å². The SMILES string of the molecule is COC(=O)Cc1ccc(S(=O)(=O)N(CC(C)C)C[C@@H](O)[C@H](Cc2ccccc2)NC(=O)OC(C)(C)C)cc1. The molecule has 0 aliphatic heterocycles. The van der Waals surface area contributed by atoms with Crippen molar-refractivity contribution in [2.45, 2.75) is 70.1 Å². The van der Waals surface area contributed by atoms with Crippen LogP contribution in [0.15, 0.2) is 59.5 Å². The van der Waals surface area contributed by atoms with Crippen LogP contribution in [0.25, 0.3) is 0 Å². The van der Waals surface area contributed by atoms with E-state index in [9.17, 15) is 23.1 Å². The predicted molar refractivity (Wildman–Crippen MR) is 145 cm³/mol. The Morgan fingerprint density at radius 3 is 2.11 bits per heavy atom. The van der Waals surface area contributed by atoms with Gasteiger partial charge in [0.25, 0.3) is 0 Å². The lowest BCUT2D eigenvalue weighted by Crippen LogP contribution is -2.51. The molecular weight excluding hydrogens is 508 g/mol. The van der Waals surface area contributed by atoms with E-state index in [1.54, 1.807) is 32.9 Å². The molecule has 0 heterocycles. The minimum absolute atomic E-state index is 0.0260. The number of aliphatic hydroxyl groups is 1. The van der Waals surface area contributed by atoms with Crippen LogP contribution in [0.3, 0.4) is 0 Å². The summed E-state index contributed by atoms with van der Waals surface area (Å²) in [7, 11) is -2.70. The number of nitrogens with one attached hydrogen (secondary N) is 1. The molecule has 0 aromatic heterocycles. The molecule has 0 fully saturated rings. The van der Waals surface area contributed by atoms with E-state index in [2.05, 4.69) is 10.1 Å². The molecule has 0 saturated carbocycles. The van der Waals surface area contributed by atoms with Gasteiger partial charge in [0.05, 0.1) is 30.6 Å². The van der Waals surface area contributed by atoms with Crippen LogP contribution in [0.4, 0.5) is 4.79 Å². The average Bonchev–Trinajstić information content (AvgIpc) is 2.82. The zero-order chi connectivity index (χ0) is 28.5. The number of hydrogen-bond acceptors (Lipinski definition) is 7. The molecule has 0 aliphatic carbocycles. The summed E-state index contributed by atoms with van der Waals surface area (Å²) in [6, 6.07) is 14.5. The number of amides is 1. The molecule has 0 bridgehead atoms. The molecule has 0 radical (unpaired) electrons. The van der Waals surface area contributed by atoms with Gasteiger partial charge in [-0.1, -0.05) is 56.3 Å². The topological polar surface area (TPSA) is 122 Å². The first-order valence-corrected chi connectivity index (χ1v) is 14.0. The number of alkyl carbamates (subject to hydrolysis) is 1. The minimum atomic E-state index is -3.99. The van der Waals surface area contributed by atoms with Crippen molar-refractivity contribution in [3.63, 3.8) is 0 Å². The highest BCUT2D eigenvalue weighted by Gasteiger charge is 2.32. The predicted octanol–water partition coefficient (Wildman–Crippen LogP) is 3.55. The fourth-order valence-corrected chi connectivity index (χ4v) is 5.41. The number of carbonyl (C=O) groups excluding carboxylic acids is 2. The largest absolute Gasteiger partial charge is 0.469 e. The lowest BCUT2D eigenvalue weighted by molar-refractivity contribution is -0.139. The second kappa shape index (κ2) is 13.7. The van der Waals surface area contributed by atoms with Crippen molar-refractivity contribution in [1.29, 1.82) is 0 Å². The number of methoxy groups -OCH3 is 1. The van der Waals surface area contributed by atoms with E-state index in [1.165, 1.54) is 23.5 Å². The summed E-state index contributed by atoms with van der Waals surface area (Å²) in [5.41, 5.74) is 0.752. The number of rotatable bonds is 12. The van der Waals surface area contributed by atoms with Gasteiger partial charge < -0.3 is 19.9 Å². The van der Waals surface area contributed by atoms with Gasteiger partial charge in [-0.15, -0.1) is 0 Å². The molecule has 10 heteroatoms. The van der Waals surface area contributed by atoms with Gasteiger partial charge in [-0.3, -0.25) is 4.79 Å². The quantitative estimate of drug-likeness (QED) is 0.389. The monoisotopic (exact) mass is 548 g/mol. The number of carbonyl (C=O) groups is 2. The molecule has 0 aliphatic rings. The first kappa shape index (κ1) is 31.3. The van der Waals surface area contributed by atoms with E-state index in [0.717, 1.165) is 5.56 Å². The Morgan fingerprint density at radius 1 is 0.974 bits per heavy atom. The van der Waals surface area contributed by atoms with Gasteiger partial charge in [0.2, 0.25) is 10.0 Å². The fraction of sp³-hybridized carbons (Fsp3) is 0.500. The van der Waals surface area contributed by atoms with Gasteiger partial charge in [0.15, 0.2) is 0 Å². The molecule has 210 valence electrons. The van der Waals surface area contributed by atoms with Gasteiger partial charge in [0, 0.05) is 13.1 Å². The third-order valence-corrected chi connectivity index (χ3v) is 7.41. The molecule has 9 nitrogen and oxygen atoms in total. The Kier molecular flexibility index (Phi) is 11.3. The zero-order valence-electron chi connectivity index (χ0n) is 23.0. The van der Waals surface area contributed by atoms with Crippen molar-refractivity contribution in [2.75, 3.05) is 20.2 Å². The van der Waals surface area contributed by atoms with Gasteiger partial charge >= 0.3 is 12.1 Å². The Bertz CT molecular complexity index is 1140. The highest BCUT2D eigenvalue weighted by Crippen LogP contribution is 2.20. The molecule has 0 saturated heterocycles. The Labute approximate surface area is 226 Å². The Hall–Kier alpha value is -2.95. The van der Waals surface area contributed by atoms with Gasteiger partial charge in [-0.2, -0.15) is 4.31 Å². The molecule has 2 atom stereocenters. The molecule has 2 aromatic rings. The van der Waals surface area contributed by atoms with Crippen molar-refractivity contribution in [3.8, 4) is 0 Å². The molecule has 0 spiro atoms. The van der Waals surface area contributed by atoms with E-state index in [4.69, 9.17) is 4.74 Å². The minimum Gasteiger partial charge on any atom is -0.469 e. The van der Waals surface area contributed by atoms with Crippen LogP contribution in [0.2, 0.25) is 0 Å². The fourth-order valence-electron chi connectivity index (χ4n) is 3.79. The van der Waals surface area contributed by atoms with Crippen LogP contribution in [0, 0.1) is 5.92 Å². The second-order valence-corrected chi connectivity index (χ2v) is 12.6. The van der Waals surface area contributed by atoms with Crippen LogP contribution in [-0.4, -0.2) is 67.8 Å². The molecule has 2 N–H and O–H groups in total. The number of hydrogen-bond donors (Lipinski definition) is 2. The smallest absolute Gasteiger partial charge is 0.407 e. The van der Waals surface area contributed by atoms with E-state index < -0.39 is 39.8 Å². The highest BCUT2D eigenvalue weighted by atomic mass is 32.2. The average molecular weight is 549 g/mol. The number of ether oxygens (including phenoxy) is 2. The maximum Gasteiger partial charge on any atom is 0.407 e. The number of esters is 1. The van der Waals surface area contributed by atoms with Crippen molar-refractivity contribution in [3.05, 3.63) is 65.7 Å². The van der Waals surface area contributed by atoms with Gasteiger partial charge in [-0.05, 0) is 56.4 Å². The number of nitrogens with zero attached hydrogens (tertiary/aromatic N) is 1. The second-order valence-electron chi connectivity index (χ2n) is 10.6. The van der Waals surface area contributed by atoms with E-state index >= 15 is 0 Å². The summed E-state index contributed by atoms with van der Waals surface area (Å²) in [5, 5.41) is 14.0. The van der Waals surface area contributed by atoms with Gasteiger partial charge in [-0.25, -0.2) is 13.2 Å². The van der Waals surface area contributed by atoms with Crippen LogP contribution < -0.4 is 5.32 Å². The zero-order valence-corrected chi connectivity index (χ0v) is 23.8. The van der Waals surface area contributed by atoms with Crippen LogP contribution in [0.1, 0.15) is 45.7 Å². The highest BCUT2D eigenvalue weighted by molar-refractivity contribution is 7.89. The Balaban J connectivity index is 2.30. The van der Waals surface area contributed by atoms with Crippen LogP contribution >= 0.6 is 0 Å². The first-order chi connectivity index (χ1) is 17.7. The van der Waals surface area contributed by atoms with E-state index in [1.807, 2.05) is 44.2 Å². The molecule has 0 unspecified atom stereocenters. The summed E-state index contributed by atoms with van der Waals surface area (Å²) in [4.78, 5) is 24.2. The van der Waals surface area contributed by atoms with Crippen molar-refractivity contribution in [1.82, 2.24) is 9.62 Å². The molecule has 38 heavy (non-hydrogen) atoms. The standard InChI is InChI=1S/C28H40N2O7S/c1-20(2)18-30(38(34,35)23-14-12-22(13-15-23)17-26(32)36-6)19-25(31)24(16-21-10-8-7-9-11-21)29-27(33)37-28(3,4)5/h7-15,20,24-25,31H,16-19H2,1-6H3,(H,29,33)/t24-,25+/m0/s1. The summed E-state index contributed by atoms with van der Waals surface area (Å²) >= 11 is 0. The molecule has 1 amide bonds. The third kappa shape index (κ3) is 10.1. The maximum absolute atomic E-state index is 13.6. The van der Waals surface area contributed by atoms with Crippen LogP contribution in [0.5, 0.6) is 0 Å². The summed E-state index contributed by atoms with van der Waals surface area (Å²) < 4.78 is 38.5. The Morgan fingerprint density at radius 2 is 1.58 bits per heavy atom. The molecule has 2 rings (SSSR count). The van der Waals surface area contributed by atoms with Crippen molar-refractivity contribution >= 4 is 22.1 Å². The summed E-state index contributed by atoms with van der Waals surface area (Å²) in [5.74, 6) is -0.450. The third-order valence-electron chi connectivity index (χ3n) is 5.56. The normalized spacial score (nSPS) is 13.7. The first-order valence-electron chi connectivity index (χ1n) is 12.6. The number of aliphatic hydroxyl groups excluding tert-OH is 1. The van der Waals surface area contributed by atoms with Crippen molar-refractivity contribution in [2.24, 2.45) is 5.92 Å². The van der Waals surface area contributed by atoms with Gasteiger partial charge in [0.1, 0.15) is 5.60 Å². The lowest BCUT2D eigenvalue weighted by Gasteiger charge is -2.31.